The van der Waals surface area contributed by atoms with Crippen LogP contribution in [-0.4, -0.2) is 28.4 Å². The molecule has 0 bridgehead atoms. The van der Waals surface area contributed by atoms with E-state index in [-0.39, 0.29) is 11.8 Å². The molecule has 4 nitrogen and oxygen atoms in total. The van der Waals surface area contributed by atoms with E-state index in [1.165, 1.54) is 0 Å². The van der Waals surface area contributed by atoms with Gasteiger partial charge in [0.25, 0.3) is 0 Å². The fourth-order valence-corrected chi connectivity index (χ4v) is 2.66. The van der Waals surface area contributed by atoms with Crippen molar-refractivity contribution >= 4 is 11.9 Å². The van der Waals surface area contributed by atoms with Gasteiger partial charge in [-0.25, -0.2) is 0 Å². The SMILES string of the molecule is CCN(Cc1ccccc1C)C(=O)C1CCC1C(=O)O. The van der Waals surface area contributed by atoms with Gasteiger partial charge in [0.2, 0.25) is 5.91 Å². The van der Waals surface area contributed by atoms with E-state index in [0.717, 1.165) is 11.1 Å². The van der Waals surface area contributed by atoms with Crippen LogP contribution in [0.5, 0.6) is 0 Å². The zero-order valence-corrected chi connectivity index (χ0v) is 12.0. The monoisotopic (exact) mass is 275 g/mol. The Morgan fingerprint density at radius 1 is 1.25 bits per heavy atom. The van der Waals surface area contributed by atoms with E-state index in [1.54, 1.807) is 4.90 Å². The number of carboxylic acid groups (broad SMARTS) is 1. The minimum absolute atomic E-state index is 0.0191. The van der Waals surface area contributed by atoms with E-state index in [4.69, 9.17) is 5.11 Å². The first kappa shape index (κ1) is 14.6. The highest BCUT2D eigenvalue weighted by atomic mass is 16.4. The van der Waals surface area contributed by atoms with Crippen LogP contribution in [0.25, 0.3) is 0 Å². The van der Waals surface area contributed by atoms with E-state index < -0.39 is 11.9 Å². The summed E-state index contributed by atoms with van der Waals surface area (Å²) in [4.78, 5) is 25.3. The number of hydrogen-bond donors (Lipinski definition) is 1. The number of nitrogens with zero attached hydrogens (tertiary/aromatic N) is 1. The Kier molecular flexibility index (Phi) is 4.42. The number of aliphatic carboxylic acids is 1. The molecule has 1 saturated carbocycles. The third-order valence-electron chi connectivity index (χ3n) is 4.22. The third kappa shape index (κ3) is 2.84. The Morgan fingerprint density at radius 3 is 2.40 bits per heavy atom. The van der Waals surface area contributed by atoms with Crippen LogP contribution in [0.2, 0.25) is 0 Å². The summed E-state index contributed by atoms with van der Waals surface area (Å²) in [5, 5.41) is 9.07. The van der Waals surface area contributed by atoms with Gasteiger partial charge in [-0.1, -0.05) is 24.3 Å². The summed E-state index contributed by atoms with van der Waals surface area (Å²) >= 11 is 0. The van der Waals surface area contributed by atoms with Crippen molar-refractivity contribution in [3.63, 3.8) is 0 Å². The summed E-state index contributed by atoms with van der Waals surface area (Å²) in [5.41, 5.74) is 2.27. The van der Waals surface area contributed by atoms with E-state index in [1.807, 2.05) is 38.1 Å². The van der Waals surface area contributed by atoms with Crippen LogP contribution in [-0.2, 0) is 16.1 Å². The Labute approximate surface area is 119 Å². The van der Waals surface area contributed by atoms with E-state index in [9.17, 15) is 9.59 Å². The van der Waals surface area contributed by atoms with Gasteiger partial charge >= 0.3 is 5.97 Å². The zero-order valence-electron chi connectivity index (χ0n) is 12.0. The van der Waals surface area contributed by atoms with Crippen molar-refractivity contribution in [1.29, 1.82) is 0 Å². The lowest BCUT2D eigenvalue weighted by atomic mass is 9.73. The van der Waals surface area contributed by atoms with Crippen LogP contribution in [0.15, 0.2) is 24.3 Å². The molecule has 1 aromatic carbocycles. The van der Waals surface area contributed by atoms with E-state index in [0.29, 0.717) is 25.9 Å². The predicted molar refractivity (Wildman–Crippen MR) is 76.1 cm³/mol. The van der Waals surface area contributed by atoms with Crippen molar-refractivity contribution < 1.29 is 14.7 Å². The second-order valence-electron chi connectivity index (χ2n) is 5.41. The normalized spacial score (nSPS) is 21.1. The quantitative estimate of drug-likeness (QED) is 0.898. The van der Waals surface area contributed by atoms with Crippen molar-refractivity contribution in [3.05, 3.63) is 35.4 Å². The number of amides is 1. The molecule has 1 N–H and O–H groups in total. The molecule has 108 valence electrons. The lowest BCUT2D eigenvalue weighted by Crippen LogP contribution is -2.45. The maximum atomic E-state index is 12.4. The zero-order chi connectivity index (χ0) is 14.7. The first-order valence-corrected chi connectivity index (χ1v) is 7.10. The van der Waals surface area contributed by atoms with Crippen LogP contribution in [0.1, 0.15) is 30.9 Å². The molecule has 0 saturated heterocycles. The lowest BCUT2D eigenvalue weighted by Gasteiger charge is -2.36. The van der Waals surface area contributed by atoms with Crippen LogP contribution in [0.3, 0.4) is 0 Å². The molecule has 0 heterocycles. The van der Waals surface area contributed by atoms with Gasteiger partial charge in [-0.2, -0.15) is 0 Å². The largest absolute Gasteiger partial charge is 0.481 e. The molecule has 2 unspecified atom stereocenters. The van der Waals surface area contributed by atoms with Crippen molar-refractivity contribution in [1.82, 2.24) is 4.90 Å². The fraction of sp³-hybridized carbons (Fsp3) is 0.500. The number of hydrogen-bond acceptors (Lipinski definition) is 2. The Bertz CT molecular complexity index is 512. The number of carbonyl (C=O) groups is 2. The Balaban J connectivity index is 2.07. The molecule has 2 atom stereocenters. The average molecular weight is 275 g/mol. The van der Waals surface area contributed by atoms with Crippen molar-refractivity contribution in [3.8, 4) is 0 Å². The van der Waals surface area contributed by atoms with Crippen LogP contribution in [0.4, 0.5) is 0 Å². The van der Waals surface area contributed by atoms with Crippen molar-refractivity contribution in [2.24, 2.45) is 11.8 Å². The molecular formula is C16H21NO3. The van der Waals surface area contributed by atoms with Gasteiger partial charge in [-0.3, -0.25) is 9.59 Å². The van der Waals surface area contributed by atoms with Crippen molar-refractivity contribution in [2.75, 3.05) is 6.54 Å². The molecule has 4 heteroatoms. The summed E-state index contributed by atoms with van der Waals surface area (Å²) in [5.74, 6) is -1.69. The molecule has 20 heavy (non-hydrogen) atoms. The number of carbonyl (C=O) groups excluding carboxylic acids is 1. The minimum Gasteiger partial charge on any atom is -0.481 e. The third-order valence-corrected chi connectivity index (χ3v) is 4.22. The standard InChI is InChI=1S/C16H21NO3/c1-3-17(10-12-7-5-4-6-11(12)2)15(18)13-8-9-14(13)16(19)20/h4-7,13-14H,3,8-10H2,1-2H3,(H,19,20). The molecular weight excluding hydrogens is 254 g/mol. The van der Waals surface area contributed by atoms with E-state index >= 15 is 0 Å². The van der Waals surface area contributed by atoms with Gasteiger partial charge in [-0.15, -0.1) is 0 Å². The van der Waals surface area contributed by atoms with Crippen molar-refractivity contribution in [2.45, 2.75) is 33.2 Å². The number of carboxylic acids is 1. The fourth-order valence-electron chi connectivity index (χ4n) is 2.66. The average Bonchev–Trinajstić information content (AvgIpc) is 2.35. The van der Waals surface area contributed by atoms with Gasteiger partial charge < -0.3 is 10.0 Å². The molecule has 1 aliphatic carbocycles. The summed E-state index contributed by atoms with van der Waals surface area (Å²) in [7, 11) is 0. The van der Waals surface area contributed by atoms with Crippen LogP contribution in [0, 0.1) is 18.8 Å². The molecule has 0 aromatic heterocycles. The van der Waals surface area contributed by atoms with Gasteiger partial charge in [-0.05, 0) is 37.8 Å². The minimum atomic E-state index is -0.846. The molecule has 0 spiro atoms. The first-order valence-electron chi connectivity index (χ1n) is 7.10. The summed E-state index contributed by atoms with van der Waals surface area (Å²) in [6, 6.07) is 7.98. The van der Waals surface area contributed by atoms with E-state index in [2.05, 4.69) is 0 Å². The predicted octanol–water partition coefficient (Wildman–Crippen LogP) is 2.45. The number of benzene rings is 1. The van der Waals surface area contributed by atoms with Gasteiger partial charge in [0, 0.05) is 13.1 Å². The van der Waals surface area contributed by atoms with Gasteiger partial charge in [0.15, 0.2) is 0 Å². The topological polar surface area (TPSA) is 57.6 Å². The maximum Gasteiger partial charge on any atom is 0.307 e. The lowest BCUT2D eigenvalue weighted by molar-refractivity contribution is -0.156. The summed E-state index contributed by atoms with van der Waals surface area (Å²) in [6.45, 7) is 5.13. The Morgan fingerprint density at radius 2 is 1.90 bits per heavy atom. The number of rotatable bonds is 5. The molecule has 1 aromatic rings. The highest BCUT2D eigenvalue weighted by Gasteiger charge is 2.42. The highest BCUT2D eigenvalue weighted by molar-refractivity contribution is 5.86. The molecule has 0 radical (unpaired) electrons. The van der Waals surface area contributed by atoms with Crippen LogP contribution >= 0.6 is 0 Å². The van der Waals surface area contributed by atoms with Gasteiger partial charge in [0.05, 0.1) is 11.8 Å². The highest BCUT2D eigenvalue weighted by Crippen LogP contribution is 2.36. The molecule has 0 aliphatic heterocycles. The first-order chi connectivity index (χ1) is 9.54. The molecule has 1 amide bonds. The maximum absolute atomic E-state index is 12.4. The van der Waals surface area contributed by atoms with Gasteiger partial charge in [0.1, 0.15) is 0 Å². The second-order valence-corrected chi connectivity index (χ2v) is 5.41. The van der Waals surface area contributed by atoms with Crippen LogP contribution < -0.4 is 0 Å². The summed E-state index contributed by atoms with van der Waals surface area (Å²) < 4.78 is 0. The summed E-state index contributed by atoms with van der Waals surface area (Å²) in [6.07, 6.45) is 1.31. The molecule has 2 rings (SSSR count). The number of aryl methyl sites for hydroxylation is 1. The second kappa shape index (κ2) is 6.07. The molecule has 1 fully saturated rings. The smallest absolute Gasteiger partial charge is 0.307 e. The molecule has 1 aliphatic rings. The Hall–Kier alpha value is -1.84.